The Kier molecular flexibility index (Phi) is 12.0. The van der Waals surface area contributed by atoms with Crippen LogP contribution in [0.2, 0.25) is 0 Å². The van der Waals surface area contributed by atoms with Crippen LogP contribution in [0, 0.1) is 17.3 Å². The van der Waals surface area contributed by atoms with E-state index in [0.717, 1.165) is 0 Å². The van der Waals surface area contributed by atoms with E-state index >= 15 is 0 Å². The van der Waals surface area contributed by atoms with Crippen molar-refractivity contribution in [1.82, 2.24) is 0 Å². The molecule has 30 heavy (non-hydrogen) atoms. The molecule has 1 heterocycles. The Bertz CT molecular complexity index is 707. The lowest BCUT2D eigenvalue weighted by Crippen LogP contribution is -2.28. The van der Waals surface area contributed by atoms with Crippen LogP contribution in [0.1, 0.15) is 67.4 Å². The van der Waals surface area contributed by atoms with Crippen LogP contribution in [-0.2, 0) is 30.4 Å². The van der Waals surface area contributed by atoms with E-state index in [9.17, 15) is 9.59 Å². The molecule has 1 N–H and O–H groups in total. The van der Waals surface area contributed by atoms with Gasteiger partial charge in [0.05, 0.1) is 13.0 Å². The summed E-state index contributed by atoms with van der Waals surface area (Å²) in [6.45, 7) is 16.0. The molecule has 0 aliphatic carbocycles. The molecule has 0 aromatic heterocycles. The largest absolute Gasteiger partial charge is 0.481 e. The molecule has 0 spiro atoms. The quantitative estimate of drug-likeness (QED) is 0.544. The Hall–Kier alpha value is -2.36. The molecule has 6 nitrogen and oxygen atoms in total. The first-order valence-electron chi connectivity index (χ1n) is 10.1. The van der Waals surface area contributed by atoms with E-state index in [-0.39, 0.29) is 17.4 Å². The van der Waals surface area contributed by atoms with E-state index in [1.165, 1.54) is 5.56 Å². The van der Waals surface area contributed by atoms with Crippen LogP contribution in [0.4, 0.5) is 0 Å². The average Bonchev–Trinajstić information content (AvgIpc) is 3.03. The van der Waals surface area contributed by atoms with Crippen molar-refractivity contribution in [1.29, 1.82) is 0 Å². The first-order chi connectivity index (χ1) is 13.9. The van der Waals surface area contributed by atoms with Gasteiger partial charge in [0.1, 0.15) is 5.60 Å². The first kappa shape index (κ1) is 27.6. The maximum absolute atomic E-state index is 11.2. The van der Waals surface area contributed by atoms with Crippen molar-refractivity contribution in [2.75, 3.05) is 0 Å². The van der Waals surface area contributed by atoms with Crippen LogP contribution >= 0.6 is 0 Å². The topological polar surface area (TPSA) is 82.1 Å². The number of hydrogen-bond donors (Lipinski definition) is 1. The highest BCUT2D eigenvalue weighted by Gasteiger charge is 2.42. The van der Waals surface area contributed by atoms with Crippen LogP contribution in [0.3, 0.4) is 0 Å². The molecule has 0 radical (unpaired) electrons. The van der Waals surface area contributed by atoms with E-state index in [1.807, 2.05) is 73.6 Å². The SMILES string of the molecule is CC.CC#CC(C)(C)OCc1ccccc1.CC(C)(C)C1OC(=O)C(CC(=O)O)O1. The second-order valence-corrected chi connectivity index (χ2v) is 8.02. The number of rotatable bonds is 5. The maximum Gasteiger partial charge on any atom is 0.338 e. The highest BCUT2D eigenvalue weighted by atomic mass is 16.8. The van der Waals surface area contributed by atoms with Crippen molar-refractivity contribution in [2.24, 2.45) is 5.41 Å². The minimum atomic E-state index is -1.07. The molecule has 0 saturated carbocycles. The van der Waals surface area contributed by atoms with Crippen LogP contribution in [0.25, 0.3) is 0 Å². The van der Waals surface area contributed by atoms with Gasteiger partial charge in [-0.1, -0.05) is 70.9 Å². The Balaban J connectivity index is 0.000000518. The zero-order valence-electron chi connectivity index (χ0n) is 19.4. The van der Waals surface area contributed by atoms with Gasteiger partial charge < -0.3 is 19.3 Å². The molecule has 2 rings (SSSR count). The third-order valence-corrected chi connectivity index (χ3v) is 3.71. The summed E-state index contributed by atoms with van der Waals surface area (Å²) in [5.74, 6) is 4.23. The summed E-state index contributed by atoms with van der Waals surface area (Å²) in [6.07, 6.45) is -1.96. The summed E-state index contributed by atoms with van der Waals surface area (Å²) in [5.41, 5.74) is 0.492. The van der Waals surface area contributed by atoms with Crippen LogP contribution in [-0.4, -0.2) is 35.0 Å². The van der Waals surface area contributed by atoms with E-state index in [0.29, 0.717) is 6.61 Å². The van der Waals surface area contributed by atoms with Crippen molar-refractivity contribution < 1.29 is 28.9 Å². The van der Waals surface area contributed by atoms with Gasteiger partial charge in [-0.3, -0.25) is 4.79 Å². The molecule has 168 valence electrons. The van der Waals surface area contributed by atoms with E-state index in [2.05, 4.69) is 24.0 Å². The van der Waals surface area contributed by atoms with Gasteiger partial charge in [0, 0.05) is 5.41 Å². The van der Waals surface area contributed by atoms with Crippen molar-refractivity contribution in [3.8, 4) is 11.8 Å². The van der Waals surface area contributed by atoms with Crippen molar-refractivity contribution in [2.45, 2.75) is 86.4 Å². The van der Waals surface area contributed by atoms with Gasteiger partial charge in [-0.05, 0) is 26.3 Å². The Morgan fingerprint density at radius 3 is 2.13 bits per heavy atom. The number of carboxylic acid groups (broad SMARTS) is 1. The predicted octanol–water partition coefficient (Wildman–Crippen LogP) is 4.81. The third kappa shape index (κ3) is 11.0. The third-order valence-electron chi connectivity index (χ3n) is 3.71. The zero-order valence-corrected chi connectivity index (χ0v) is 19.4. The number of hydrogen-bond acceptors (Lipinski definition) is 5. The molecule has 1 aliphatic rings. The number of carboxylic acids is 1. The molecule has 1 saturated heterocycles. The Morgan fingerprint density at radius 1 is 1.13 bits per heavy atom. The summed E-state index contributed by atoms with van der Waals surface area (Å²) in [5, 5.41) is 8.49. The van der Waals surface area contributed by atoms with E-state index in [4.69, 9.17) is 19.3 Å². The summed E-state index contributed by atoms with van der Waals surface area (Å²) in [4.78, 5) is 21.5. The summed E-state index contributed by atoms with van der Waals surface area (Å²) < 4.78 is 15.8. The molecule has 0 amide bonds. The molecule has 1 aromatic rings. The number of carbonyl (C=O) groups is 2. The molecule has 1 aromatic carbocycles. The summed E-state index contributed by atoms with van der Waals surface area (Å²) >= 11 is 0. The second kappa shape index (κ2) is 13.0. The summed E-state index contributed by atoms with van der Waals surface area (Å²) in [7, 11) is 0. The fourth-order valence-electron chi connectivity index (χ4n) is 2.26. The molecule has 2 atom stereocenters. The van der Waals surface area contributed by atoms with Gasteiger partial charge in [0.2, 0.25) is 6.29 Å². The molecule has 2 unspecified atom stereocenters. The predicted molar refractivity (Wildman–Crippen MR) is 117 cm³/mol. The second-order valence-electron chi connectivity index (χ2n) is 8.02. The number of esters is 1. The lowest BCUT2D eigenvalue weighted by molar-refractivity contribution is -0.154. The molecule has 0 bridgehead atoms. The van der Waals surface area contributed by atoms with Crippen molar-refractivity contribution in [3.05, 3.63) is 35.9 Å². The highest BCUT2D eigenvalue weighted by molar-refractivity contribution is 5.82. The standard InChI is InChI=1S/C13H16O.C9H14O5.C2H6/c1-4-10-13(2,3)14-11-12-8-6-5-7-9-12;1-9(2,3)8-13-5(4-6(10)11)7(12)14-8;1-2/h5-9H,11H2,1-3H3;5,8H,4H2,1-3H3,(H,10,11);1-2H3. The number of ether oxygens (including phenoxy) is 3. The smallest absolute Gasteiger partial charge is 0.338 e. The Morgan fingerprint density at radius 2 is 1.70 bits per heavy atom. The van der Waals surface area contributed by atoms with Crippen LogP contribution < -0.4 is 0 Å². The lowest BCUT2D eigenvalue weighted by atomic mass is 9.96. The zero-order chi connectivity index (χ0) is 23.4. The summed E-state index contributed by atoms with van der Waals surface area (Å²) in [6, 6.07) is 10.1. The van der Waals surface area contributed by atoms with Gasteiger partial charge in [0.25, 0.3) is 0 Å². The minimum Gasteiger partial charge on any atom is -0.481 e. The lowest BCUT2D eigenvalue weighted by Gasteiger charge is -2.23. The normalized spacial score (nSPS) is 17.9. The number of carbonyl (C=O) groups excluding carboxylic acids is 1. The van der Waals surface area contributed by atoms with Gasteiger partial charge in [-0.25, -0.2) is 4.79 Å². The Labute approximate surface area is 180 Å². The number of cyclic esters (lactones) is 1. The average molecular weight is 421 g/mol. The van der Waals surface area contributed by atoms with Gasteiger partial charge in [0.15, 0.2) is 6.10 Å². The van der Waals surface area contributed by atoms with Crippen molar-refractivity contribution >= 4 is 11.9 Å². The van der Waals surface area contributed by atoms with E-state index < -0.39 is 24.3 Å². The highest BCUT2D eigenvalue weighted by Crippen LogP contribution is 2.30. The molecule has 1 fully saturated rings. The van der Waals surface area contributed by atoms with Crippen LogP contribution in [0.15, 0.2) is 30.3 Å². The van der Waals surface area contributed by atoms with Crippen LogP contribution in [0.5, 0.6) is 0 Å². The number of benzene rings is 1. The first-order valence-corrected chi connectivity index (χ1v) is 10.1. The van der Waals surface area contributed by atoms with Gasteiger partial charge in [-0.2, -0.15) is 0 Å². The van der Waals surface area contributed by atoms with E-state index in [1.54, 1.807) is 0 Å². The fraction of sp³-hybridized carbons (Fsp3) is 0.583. The van der Waals surface area contributed by atoms with Gasteiger partial charge >= 0.3 is 11.9 Å². The maximum atomic E-state index is 11.2. The number of aliphatic carboxylic acids is 1. The monoisotopic (exact) mass is 420 g/mol. The molecule has 1 aliphatic heterocycles. The molecular weight excluding hydrogens is 384 g/mol. The van der Waals surface area contributed by atoms with Gasteiger partial charge in [-0.15, -0.1) is 5.92 Å². The minimum absolute atomic E-state index is 0.330. The molecule has 6 heteroatoms. The van der Waals surface area contributed by atoms with Crippen molar-refractivity contribution in [3.63, 3.8) is 0 Å². The fourth-order valence-corrected chi connectivity index (χ4v) is 2.26. The molecular formula is C24H36O6.